The van der Waals surface area contributed by atoms with Gasteiger partial charge in [0.1, 0.15) is 5.54 Å². The van der Waals surface area contributed by atoms with Crippen LogP contribution in [0.3, 0.4) is 0 Å². The molecule has 3 N–H and O–H groups in total. The van der Waals surface area contributed by atoms with E-state index >= 15 is 0 Å². The average molecular weight is 190 g/mol. The van der Waals surface area contributed by atoms with E-state index in [-0.39, 0.29) is 5.91 Å². The van der Waals surface area contributed by atoms with E-state index in [1.807, 2.05) is 30.3 Å². The molecule has 1 aliphatic heterocycles. The number of hydrogen-bond acceptors (Lipinski definition) is 2. The van der Waals surface area contributed by atoms with Crippen LogP contribution in [0.2, 0.25) is 0 Å². The van der Waals surface area contributed by atoms with E-state index < -0.39 is 5.54 Å². The van der Waals surface area contributed by atoms with E-state index in [0.717, 1.165) is 24.9 Å². The van der Waals surface area contributed by atoms with E-state index in [2.05, 4.69) is 5.32 Å². The summed E-state index contributed by atoms with van der Waals surface area (Å²) in [5.41, 5.74) is 5.82. The van der Waals surface area contributed by atoms with Crippen LogP contribution >= 0.6 is 0 Å². The van der Waals surface area contributed by atoms with Crippen molar-refractivity contribution in [1.82, 2.24) is 5.32 Å². The molecule has 1 aromatic rings. The van der Waals surface area contributed by atoms with Crippen LogP contribution < -0.4 is 11.1 Å². The highest BCUT2D eigenvalue weighted by atomic mass is 16.1. The van der Waals surface area contributed by atoms with Crippen molar-refractivity contribution in [1.29, 1.82) is 0 Å². The normalized spacial score (nSPS) is 26.3. The summed E-state index contributed by atoms with van der Waals surface area (Å²) in [4.78, 5) is 11.5. The Morgan fingerprint density at radius 1 is 1.36 bits per heavy atom. The predicted octanol–water partition coefficient (Wildman–Crippen LogP) is 0.751. The molecule has 3 heteroatoms. The molecule has 0 aliphatic carbocycles. The molecule has 74 valence electrons. The van der Waals surface area contributed by atoms with Crippen LogP contribution in [-0.4, -0.2) is 12.5 Å². The molecular weight excluding hydrogens is 176 g/mol. The first-order valence-corrected chi connectivity index (χ1v) is 4.86. The third-order valence-electron chi connectivity index (χ3n) is 2.84. The van der Waals surface area contributed by atoms with Gasteiger partial charge >= 0.3 is 0 Å². The number of amides is 1. The van der Waals surface area contributed by atoms with Crippen LogP contribution in [0.15, 0.2) is 30.3 Å². The lowest BCUT2D eigenvalue weighted by atomic mass is 9.88. The molecule has 3 nitrogen and oxygen atoms in total. The Labute approximate surface area is 83.3 Å². The van der Waals surface area contributed by atoms with Gasteiger partial charge in [-0.15, -0.1) is 0 Å². The van der Waals surface area contributed by atoms with Gasteiger partial charge in [0.15, 0.2) is 0 Å². The zero-order chi connectivity index (χ0) is 10.0. The summed E-state index contributed by atoms with van der Waals surface area (Å²) in [6, 6.07) is 9.69. The van der Waals surface area contributed by atoms with Crippen molar-refractivity contribution in [3.8, 4) is 0 Å². The molecule has 0 saturated carbocycles. The molecule has 0 aromatic heterocycles. The fourth-order valence-corrected chi connectivity index (χ4v) is 2.07. The van der Waals surface area contributed by atoms with Crippen molar-refractivity contribution < 1.29 is 4.79 Å². The van der Waals surface area contributed by atoms with Gasteiger partial charge < -0.3 is 5.73 Å². The Balaban J connectivity index is 2.42. The van der Waals surface area contributed by atoms with E-state index in [4.69, 9.17) is 5.73 Å². The smallest absolute Gasteiger partial charge is 0.242 e. The van der Waals surface area contributed by atoms with Gasteiger partial charge in [-0.3, -0.25) is 10.1 Å². The van der Waals surface area contributed by atoms with Crippen LogP contribution in [-0.2, 0) is 10.3 Å². The maximum atomic E-state index is 11.5. The molecule has 1 unspecified atom stereocenters. The molecule has 0 spiro atoms. The Morgan fingerprint density at radius 2 is 2.07 bits per heavy atom. The number of nitrogens with two attached hydrogens (primary N) is 1. The summed E-state index contributed by atoms with van der Waals surface area (Å²) >= 11 is 0. The van der Waals surface area contributed by atoms with Crippen LogP contribution in [0.5, 0.6) is 0 Å². The summed E-state index contributed by atoms with van der Waals surface area (Å²) in [5, 5.41) is 3.21. The lowest BCUT2D eigenvalue weighted by Crippen LogP contribution is -2.48. The zero-order valence-electron chi connectivity index (χ0n) is 7.99. The Kier molecular flexibility index (Phi) is 2.25. The molecule has 1 heterocycles. The minimum absolute atomic E-state index is 0.277. The molecule has 1 aliphatic rings. The number of primary amides is 1. The monoisotopic (exact) mass is 190 g/mol. The minimum Gasteiger partial charge on any atom is -0.368 e. The molecule has 0 radical (unpaired) electrons. The van der Waals surface area contributed by atoms with Crippen molar-refractivity contribution in [3.63, 3.8) is 0 Å². The van der Waals surface area contributed by atoms with Gasteiger partial charge in [0.25, 0.3) is 0 Å². The van der Waals surface area contributed by atoms with Gasteiger partial charge in [0.2, 0.25) is 5.91 Å². The molecule has 1 amide bonds. The highest BCUT2D eigenvalue weighted by molar-refractivity contribution is 5.86. The number of benzene rings is 1. The zero-order valence-corrected chi connectivity index (χ0v) is 7.99. The molecule has 1 saturated heterocycles. The number of hydrogen-bond donors (Lipinski definition) is 2. The molecule has 1 atom stereocenters. The third-order valence-corrected chi connectivity index (χ3v) is 2.84. The predicted molar refractivity (Wildman–Crippen MR) is 54.6 cm³/mol. The van der Waals surface area contributed by atoms with E-state index in [1.54, 1.807) is 0 Å². The van der Waals surface area contributed by atoms with Crippen molar-refractivity contribution >= 4 is 5.91 Å². The summed E-state index contributed by atoms with van der Waals surface area (Å²) in [6.45, 7) is 0.859. The topological polar surface area (TPSA) is 55.1 Å². The van der Waals surface area contributed by atoms with E-state index in [9.17, 15) is 4.79 Å². The average Bonchev–Trinajstić information content (AvgIpc) is 2.69. The second-order valence-corrected chi connectivity index (χ2v) is 3.67. The molecule has 14 heavy (non-hydrogen) atoms. The van der Waals surface area contributed by atoms with Crippen LogP contribution in [0.25, 0.3) is 0 Å². The molecule has 1 aromatic carbocycles. The second kappa shape index (κ2) is 3.42. The van der Waals surface area contributed by atoms with Gasteiger partial charge in [-0.05, 0) is 24.9 Å². The maximum Gasteiger partial charge on any atom is 0.242 e. The first-order chi connectivity index (χ1) is 6.76. The minimum atomic E-state index is -0.624. The maximum absolute atomic E-state index is 11.5. The molecule has 0 bridgehead atoms. The molecule has 2 rings (SSSR count). The number of carbonyl (C=O) groups is 1. The number of carbonyl (C=O) groups excluding carboxylic acids is 1. The Hall–Kier alpha value is -1.35. The van der Waals surface area contributed by atoms with Crippen LogP contribution in [0.1, 0.15) is 18.4 Å². The third kappa shape index (κ3) is 1.30. The van der Waals surface area contributed by atoms with Crippen molar-refractivity contribution in [2.75, 3.05) is 6.54 Å². The van der Waals surface area contributed by atoms with Gasteiger partial charge in [0.05, 0.1) is 0 Å². The van der Waals surface area contributed by atoms with Crippen molar-refractivity contribution in [3.05, 3.63) is 35.9 Å². The standard InChI is InChI=1S/C11H14N2O/c12-10(14)11(7-4-8-13-11)9-5-2-1-3-6-9/h1-3,5-6,13H,4,7-8H2,(H2,12,14). The molecule has 1 fully saturated rings. The Bertz CT molecular complexity index is 328. The van der Waals surface area contributed by atoms with Gasteiger partial charge in [-0.1, -0.05) is 30.3 Å². The van der Waals surface area contributed by atoms with Crippen LogP contribution in [0.4, 0.5) is 0 Å². The second-order valence-electron chi connectivity index (χ2n) is 3.67. The van der Waals surface area contributed by atoms with Gasteiger partial charge in [0, 0.05) is 0 Å². The van der Waals surface area contributed by atoms with Gasteiger partial charge in [-0.25, -0.2) is 0 Å². The summed E-state index contributed by atoms with van der Waals surface area (Å²) in [6.07, 6.45) is 1.80. The summed E-state index contributed by atoms with van der Waals surface area (Å²) < 4.78 is 0. The number of nitrogens with one attached hydrogen (secondary N) is 1. The highest BCUT2D eigenvalue weighted by Crippen LogP contribution is 2.30. The fraction of sp³-hybridized carbons (Fsp3) is 0.364. The Morgan fingerprint density at radius 3 is 2.57 bits per heavy atom. The highest BCUT2D eigenvalue weighted by Gasteiger charge is 2.40. The fourth-order valence-electron chi connectivity index (χ4n) is 2.07. The first kappa shape index (κ1) is 9.21. The number of rotatable bonds is 2. The van der Waals surface area contributed by atoms with Crippen molar-refractivity contribution in [2.45, 2.75) is 18.4 Å². The largest absolute Gasteiger partial charge is 0.368 e. The summed E-state index contributed by atoms with van der Waals surface area (Å²) in [7, 11) is 0. The first-order valence-electron chi connectivity index (χ1n) is 4.86. The van der Waals surface area contributed by atoms with Crippen molar-refractivity contribution in [2.24, 2.45) is 5.73 Å². The quantitative estimate of drug-likeness (QED) is 0.723. The van der Waals surface area contributed by atoms with E-state index in [1.165, 1.54) is 0 Å². The van der Waals surface area contributed by atoms with E-state index in [0.29, 0.717) is 0 Å². The molecular formula is C11H14N2O. The van der Waals surface area contributed by atoms with Gasteiger partial charge in [-0.2, -0.15) is 0 Å². The van der Waals surface area contributed by atoms with Crippen LogP contribution in [0, 0.1) is 0 Å². The lowest BCUT2D eigenvalue weighted by molar-refractivity contribution is -0.124. The lowest BCUT2D eigenvalue weighted by Gasteiger charge is -2.26. The summed E-state index contributed by atoms with van der Waals surface area (Å²) in [5.74, 6) is -0.277. The SMILES string of the molecule is NC(=O)C1(c2ccccc2)CCCN1.